The third-order valence-corrected chi connectivity index (χ3v) is 6.15. The first-order valence-corrected chi connectivity index (χ1v) is 11.6. The Kier molecular flexibility index (Phi) is 7.05. The molecule has 1 aliphatic carbocycles. The Balaban J connectivity index is 1.44. The van der Waals surface area contributed by atoms with E-state index in [0.717, 1.165) is 62.4 Å². The maximum absolute atomic E-state index is 11.7. The van der Waals surface area contributed by atoms with Gasteiger partial charge in [-0.15, -0.1) is 0 Å². The minimum Gasteiger partial charge on any atom is -0.370 e. The molecule has 4 rings (SSSR count). The van der Waals surface area contributed by atoms with Gasteiger partial charge in [0, 0.05) is 32.3 Å². The van der Waals surface area contributed by atoms with Crippen molar-refractivity contribution in [2.24, 2.45) is 4.99 Å². The van der Waals surface area contributed by atoms with E-state index < -0.39 is 0 Å². The number of hydrogen-bond donors (Lipinski definition) is 3. The fourth-order valence-electron chi connectivity index (χ4n) is 4.39. The molecule has 8 heteroatoms. The molecule has 1 saturated heterocycles. The van der Waals surface area contributed by atoms with Crippen molar-refractivity contribution < 1.29 is 4.79 Å². The van der Waals surface area contributed by atoms with Crippen LogP contribution in [0.25, 0.3) is 5.57 Å². The van der Waals surface area contributed by atoms with Crippen molar-refractivity contribution >= 4 is 23.3 Å². The first-order valence-electron chi connectivity index (χ1n) is 11.6. The number of anilines is 1. The molecule has 0 radical (unpaired) electrons. The molecule has 3 aliphatic rings. The first-order chi connectivity index (χ1) is 15.6. The van der Waals surface area contributed by atoms with E-state index in [1.165, 1.54) is 12.8 Å². The lowest BCUT2D eigenvalue weighted by molar-refractivity contribution is -0.127. The minimum absolute atomic E-state index is 0.254. The summed E-state index contributed by atoms with van der Waals surface area (Å²) in [5.74, 6) is 1.67. The number of aromatic nitrogens is 1. The molecular weight excluding hydrogens is 402 g/mol. The molecule has 0 spiro atoms. The Morgan fingerprint density at radius 3 is 2.94 bits per heavy atom. The van der Waals surface area contributed by atoms with E-state index in [2.05, 4.69) is 27.0 Å². The fourth-order valence-corrected chi connectivity index (χ4v) is 4.39. The van der Waals surface area contributed by atoms with Crippen LogP contribution in [0.3, 0.4) is 0 Å². The molecule has 0 bridgehead atoms. The molecule has 8 nitrogen and oxygen atoms in total. The van der Waals surface area contributed by atoms with Crippen LogP contribution in [-0.4, -0.2) is 47.4 Å². The third kappa shape index (κ3) is 5.28. The average molecular weight is 434 g/mol. The molecule has 168 valence electrons. The second-order valence-electron chi connectivity index (χ2n) is 8.55. The van der Waals surface area contributed by atoms with Gasteiger partial charge in [-0.3, -0.25) is 4.79 Å². The maximum Gasteiger partial charge on any atom is 0.222 e. The van der Waals surface area contributed by atoms with Crippen LogP contribution in [-0.2, 0) is 4.79 Å². The molecule has 3 N–H and O–H groups in total. The molecule has 2 aliphatic heterocycles. The smallest absolute Gasteiger partial charge is 0.222 e. The van der Waals surface area contributed by atoms with Gasteiger partial charge in [-0.25, -0.2) is 9.98 Å². The van der Waals surface area contributed by atoms with Gasteiger partial charge < -0.3 is 20.9 Å². The van der Waals surface area contributed by atoms with Crippen molar-refractivity contribution in [3.63, 3.8) is 0 Å². The molecule has 32 heavy (non-hydrogen) atoms. The number of nitrogens with zero attached hydrogens (tertiary/aromatic N) is 4. The van der Waals surface area contributed by atoms with Gasteiger partial charge in [-0.1, -0.05) is 18.9 Å². The van der Waals surface area contributed by atoms with Gasteiger partial charge in [-0.05, 0) is 50.3 Å². The number of aliphatic imine (C=N–C) groups is 1. The largest absolute Gasteiger partial charge is 0.370 e. The van der Waals surface area contributed by atoms with Crippen molar-refractivity contribution in [1.82, 2.24) is 20.5 Å². The monoisotopic (exact) mass is 433 g/mol. The summed E-state index contributed by atoms with van der Waals surface area (Å²) in [4.78, 5) is 23.1. The number of likely N-dealkylation sites (tertiary alicyclic amines) is 1. The van der Waals surface area contributed by atoms with Crippen molar-refractivity contribution in [3.05, 3.63) is 41.4 Å². The summed E-state index contributed by atoms with van der Waals surface area (Å²) in [5.41, 5.74) is 2.78. The zero-order chi connectivity index (χ0) is 22.3. The average Bonchev–Trinajstić information content (AvgIpc) is 3.46. The van der Waals surface area contributed by atoms with Gasteiger partial charge in [0.05, 0.1) is 17.4 Å². The number of hydrogen-bond acceptors (Lipinski definition) is 5. The number of carbonyl (C=O) groups excluding carboxylic acids is 1. The summed E-state index contributed by atoms with van der Waals surface area (Å²) in [6, 6.07) is 8.32. The number of guanidine groups is 1. The van der Waals surface area contributed by atoms with Crippen LogP contribution in [0, 0.1) is 11.3 Å². The lowest BCUT2D eigenvalue weighted by atomic mass is 10.0. The summed E-state index contributed by atoms with van der Waals surface area (Å²) in [7, 11) is 0. The molecule has 1 saturated carbocycles. The van der Waals surface area contributed by atoms with E-state index in [4.69, 9.17) is 4.99 Å². The van der Waals surface area contributed by atoms with E-state index in [-0.39, 0.29) is 5.91 Å². The number of carbonyl (C=O) groups is 1. The van der Waals surface area contributed by atoms with Crippen molar-refractivity contribution in [1.29, 1.82) is 5.26 Å². The molecule has 2 fully saturated rings. The van der Waals surface area contributed by atoms with Crippen LogP contribution in [0.1, 0.15) is 57.6 Å². The second-order valence-corrected chi connectivity index (χ2v) is 8.55. The number of allylic oxidation sites excluding steroid dienone is 2. The highest BCUT2D eigenvalue weighted by molar-refractivity contribution is 5.91. The predicted molar refractivity (Wildman–Crippen MR) is 125 cm³/mol. The van der Waals surface area contributed by atoms with Crippen LogP contribution in [0.5, 0.6) is 0 Å². The predicted octanol–water partition coefficient (Wildman–Crippen LogP) is 3.14. The lowest BCUT2D eigenvalue weighted by Gasteiger charge is -2.22. The molecule has 0 aromatic carbocycles. The van der Waals surface area contributed by atoms with Gasteiger partial charge >= 0.3 is 0 Å². The number of amides is 1. The van der Waals surface area contributed by atoms with E-state index >= 15 is 0 Å². The molecule has 1 aromatic rings. The lowest BCUT2D eigenvalue weighted by Crippen LogP contribution is -2.39. The summed E-state index contributed by atoms with van der Waals surface area (Å²) in [6.07, 6.45) is 9.06. The fraction of sp³-hybridized carbons (Fsp3) is 0.500. The Bertz CT molecular complexity index is 982. The van der Waals surface area contributed by atoms with Crippen molar-refractivity contribution in [2.45, 2.75) is 57.9 Å². The van der Waals surface area contributed by atoms with E-state index in [1.54, 1.807) is 0 Å². The Hall–Kier alpha value is -3.34. The van der Waals surface area contributed by atoms with E-state index in [9.17, 15) is 10.1 Å². The van der Waals surface area contributed by atoms with E-state index in [0.29, 0.717) is 29.7 Å². The first kappa shape index (κ1) is 21.9. The number of pyridine rings is 1. The number of rotatable bonds is 7. The summed E-state index contributed by atoms with van der Waals surface area (Å²) in [6.45, 7) is 4.31. The topological polar surface area (TPSA) is 105 Å². The van der Waals surface area contributed by atoms with Crippen molar-refractivity contribution in [2.75, 3.05) is 25.0 Å². The number of nitriles is 1. The van der Waals surface area contributed by atoms with Gasteiger partial charge in [0.2, 0.25) is 5.91 Å². The third-order valence-electron chi connectivity index (χ3n) is 6.15. The Labute approximate surface area is 189 Å². The summed E-state index contributed by atoms with van der Waals surface area (Å²) < 4.78 is 0. The molecular formula is C24H31N7O. The summed E-state index contributed by atoms with van der Waals surface area (Å²) in [5, 5.41) is 19.8. The second kappa shape index (κ2) is 10.3. The Morgan fingerprint density at radius 1 is 1.34 bits per heavy atom. The standard InChI is InChI=1S/C24H31N7O/c1-17-16-27-24(28-18-7-2-3-8-18)30-23(17)19(15-25)20-9-4-10-21(29-20)26-12-6-14-31-13-5-11-22(31)32/h4,9-10,16,18H,2-3,5-8,11-14H2,1H3,(H,26,29)(H2,27,28,30)/b23-19+. The van der Waals surface area contributed by atoms with Crippen LogP contribution in [0.4, 0.5) is 5.82 Å². The van der Waals surface area contributed by atoms with Gasteiger partial charge in [0.1, 0.15) is 17.5 Å². The number of nitrogens with one attached hydrogen (secondary N) is 3. The SMILES string of the molecule is CC1=CNC(=NC2CCCC2)N/C1=C(\C#N)c1cccc(NCCCN2CCCC2=O)n1. The van der Waals surface area contributed by atoms with E-state index in [1.807, 2.05) is 36.2 Å². The Morgan fingerprint density at radius 2 is 2.19 bits per heavy atom. The molecule has 0 atom stereocenters. The van der Waals surface area contributed by atoms with Crippen LogP contribution < -0.4 is 16.0 Å². The van der Waals surface area contributed by atoms with Crippen LogP contribution in [0.2, 0.25) is 0 Å². The highest BCUT2D eigenvalue weighted by Crippen LogP contribution is 2.24. The molecule has 0 unspecified atom stereocenters. The van der Waals surface area contributed by atoms with Gasteiger partial charge in [0.15, 0.2) is 5.96 Å². The molecule has 1 aromatic heterocycles. The summed E-state index contributed by atoms with van der Waals surface area (Å²) >= 11 is 0. The highest BCUT2D eigenvalue weighted by Gasteiger charge is 2.21. The minimum atomic E-state index is 0.254. The van der Waals surface area contributed by atoms with Gasteiger partial charge in [0.25, 0.3) is 0 Å². The maximum atomic E-state index is 11.7. The quantitative estimate of drug-likeness (QED) is 0.451. The van der Waals surface area contributed by atoms with Crippen LogP contribution >= 0.6 is 0 Å². The zero-order valence-electron chi connectivity index (χ0n) is 18.7. The van der Waals surface area contributed by atoms with Crippen molar-refractivity contribution in [3.8, 4) is 6.07 Å². The molecule has 3 heterocycles. The van der Waals surface area contributed by atoms with Gasteiger partial charge in [-0.2, -0.15) is 5.26 Å². The normalized spacial score (nSPS) is 21.8. The highest BCUT2D eigenvalue weighted by atomic mass is 16.2. The zero-order valence-corrected chi connectivity index (χ0v) is 18.7. The van der Waals surface area contributed by atoms with Crippen LogP contribution in [0.15, 0.2) is 40.7 Å². The molecule has 1 amide bonds.